The lowest BCUT2D eigenvalue weighted by molar-refractivity contribution is -0.146. The van der Waals surface area contributed by atoms with Crippen LogP contribution in [0.2, 0.25) is 0 Å². The Morgan fingerprint density at radius 2 is 1.45 bits per heavy atom. The largest absolute Gasteiger partial charge is 0.467 e. The van der Waals surface area contributed by atoms with Crippen molar-refractivity contribution in [1.82, 2.24) is 25.3 Å². The molecule has 1 aromatic rings. The van der Waals surface area contributed by atoms with Crippen molar-refractivity contribution in [2.75, 3.05) is 42.0 Å². The van der Waals surface area contributed by atoms with Crippen LogP contribution in [-0.2, 0) is 49.3 Å². The van der Waals surface area contributed by atoms with Crippen LogP contribution in [0, 0.1) is 23.7 Å². The van der Waals surface area contributed by atoms with E-state index in [0.717, 1.165) is 5.56 Å². The molecule has 15 nitrogen and oxygen atoms in total. The summed E-state index contributed by atoms with van der Waals surface area (Å²) in [5.41, 5.74) is 0.614. The highest BCUT2D eigenvalue weighted by atomic mass is 16.6. The highest BCUT2D eigenvalue weighted by Crippen LogP contribution is 2.29. The molecule has 0 spiro atoms. The van der Waals surface area contributed by atoms with Crippen molar-refractivity contribution in [2.45, 2.75) is 137 Å². The van der Waals surface area contributed by atoms with Crippen molar-refractivity contribution in [3.8, 4) is 0 Å². The molecule has 0 saturated heterocycles. The Kier molecular flexibility index (Phi) is 20.2. The lowest BCUT2D eigenvalue weighted by Crippen LogP contribution is -2.60. The van der Waals surface area contributed by atoms with Gasteiger partial charge in [0.1, 0.15) is 29.8 Å². The normalized spacial score (nSPS) is 17.0. The number of amides is 5. The summed E-state index contributed by atoms with van der Waals surface area (Å²) < 4.78 is 22.4. The lowest BCUT2D eigenvalue weighted by Gasteiger charge is -2.41. The topological polar surface area (TPSA) is 173 Å². The smallest absolute Gasteiger partial charge is 0.410 e. The number of benzene rings is 1. The van der Waals surface area contributed by atoms with Crippen molar-refractivity contribution in [1.29, 1.82) is 0 Å². The Balaban J connectivity index is 2.32. The highest BCUT2D eigenvalue weighted by molar-refractivity contribution is 5.92. The molecule has 1 aliphatic rings. The average molecular weight is 844 g/mol. The van der Waals surface area contributed by atoms with Gasteiger partial charge >= 0.3 is 12.1 Å². The lowest BCUT2D eigenvalue weighted by atomic mass is 9.89. The summed E-state index contributed by atoms with van der Waals surface area (Å²) in [7, 11) is 7.41. The average Bonchev–Trinajstić information content (AvgIpc) is 3.68. The summed E-state index contributed by atoms with van der Waals surface area (Å²) in [6, 6.07) is 5.92. The number of hydrogen-bond acceptors (Lipinski definition) is 10. The second-order valence-corrected chi connectivity index (χ2v) is 17.5. The monoisotopic (exact) mass is 844 g/mol. The molecule has 60 heavy (non-hydrogen) atoms. The van der Waals surface area contributed by atoms with E-state index in [0.29, 0.717) is 25.1 Å². The van der Waals surface area contributed by atoms with E-state index in [1.54, 1.807) is 44.5 Å². The summed E-state index contributed by atoms with van der Waals surface area (Å²) in [5.74, 6) is -3.68. The Morgan fingerprint density at radius 3 is 1.95 bits per heavy atom. The van der Waals surface area contributed by atoms with Crippen molar-refractivity contribution in [3.05, 3.63) is 47.7 Å². The SMILES string of the molecule is CC[C@H](C)[C@@H]([C@@H](CC(=O)N1CCC=C1[C@H](OC)[C@@H](C)C(=O)N[C@@H](Cc1ccccc1)C(=O)OC)OC)N(C)C(=O)[C@@H](NC(=O)[C@H](C(C)C)N(C)C(=O)OC(C)(C)C)C(C)C. The van der Waals surface area contributed by atoms with Gasteiger partial charge in [0.2, 0.25) is 23.6 Å². The third-order valence-corrected chi connectivity index (χ3v) is 11.1. The van der Waals surface area contributed by atoms with Gasteiger partial charge in [0.25, 0.3) is 0 Å². The molecule has 0 aliphatic carbocycles. The van der Waals surface area contributed by atoms with Crippen LogP contribution in [0.4, 0.5) is 4.79 Å². The highest BCUT2D eigenvalue weighted by Gasteiger charge is 2.42. The summed E-state index contributed by atoms with van der Waals surface area (Å²) in [4.78, 5) is 86.4. The minimum Gasteiger partial charge on any atom is -0.467 e. The summed E-state index contributed by atoms with van der Waals surface area (Å²) in [6.45, 7) is 18.6. The van der Waals surface area contributed by atoms with Crippen LogP contribution in [0.15, 0.2) is 42.1 Å². The van der Waals surface area contributed by atoms with Crippen LogP contribution in [-0.4, -0.2) is 134 Å². The van der Waals surface area contributed by atoms with Gasteiger partial charge in [-0.25, -0.2) is 9.59 Å². The summed E-state index contributed by atoms with van der Waals surface area (Å²) >= 11 is 0. The van der Waals surface area contributed by atoms with Gasteiger partial charge in [0.15, 0.2) is 0 Å². The third-order valence-electron chi connectivity index (χ3n) is 11.1. The molecule has 1 heterocycles. The molecule has 2 N–H and O–H groups in total. The Morgan fingerprint density at radius 1 is 0.833 bits per heavy atom. The first kappa shape index (κ1) is 51.6. The van der Waals surface area contributed by atoms with Gasteiger partial charge in [-0.15, -0.1) is 0 Å². The molecule has 15 heteroatoms. The molecule has 1 aromatic carbocycles. The molecule has 5 amide bonds. The van der Waals surface area contributed by atoms with Crippen LogP contribution < -0.4 is 10.6 Å². The number of carbonyl (C=O) groups is 6. The molecule has 338 valence electrons. The van der Waals surface area contributed by atoms with Crippen LogP contribution >= 0.6 is 0 Å². The van der Waals surface area contributed by atoms with E-state index in [-0.39, 0.29) is 42.4 Å². The molecular weight excluding hydrogens is 771 g/mol. The molecule has 0 aromatic heterocycles. The van der Waals surface area contributed by atoms with Crippen molar-refractivity contribution >= 4 is 35.7 Å². The van der Waals surface area contributed by atoms with E-state index in [2.05, 4.69) is 10.6 Å². The van der Waals surface area contributed by atoms with Crippen molar-refractivity contribution in [2.24, 2.45) is 23.7 Å². The second kappa shape index (κ2) is 23.5. The quantitative estimate of drug-likeness (QED) is 0.161. The van der Waals surface area contributed by atoms with Gasteiger partial charge in [-0.2, -0.15) is 0 Å². The van der Waals surface area contributed by atoms with Crippen LogP contribution in [0.1, 0.15) is 94.1 Å². The first-order valence-corrected chi connectivity index (χ1v) is 21.1. The number of nitrogens with one attached hydrogen (secondary N) is 2. The van der Waals surface area contributed by atoms with Gasteiger partial charge < -0.3 is 39.4 Å². The van der Waals surface area contributed by atoms with Gasteiger partial charge in [-0.05, 0) is 50.5 Å². The van der Waals surface area contributed by atoms with Gasteiger partial charge in [0.05, 0.1) is 31.6 Å². The van der Waals surface area contributed by atoms with Crippen molar-refractivity contribution < 1.29 is 47.7 Å². The number of likely N-dealkylation sites (N-methyl/N-ethyl adjacent to an activating group) is 2. The number of esters is 1. The maximum absolute atomic E-state index is 14.4. The molecule has 0 unspecified atom stereocenters. The van der Waals surface area contributed by atoms with Crippen molar-refractivity contribution in [3.63, 3.8) is 0 Å². The predicted molar refractivity (Wildman–Crippen MR) is 229 cm³/mol. The number of methoxy groups -OCH3 is 3. The van der Waals surface area contributed by atoms with E-state index in [4.69, 9.17) is 18.9 Å². The van der Waals surface area contributed by atoms with Gasteiger partial charge in [0, 0.05) is 47.0 Å². The van der Waals surface area contributed by atoms with E-state index in [1.807, 2.05) is 78.0 Å². The number of hydrogen-bond donors (Lipinski definition) is 2. The van der Waals surface area contributed by atoms with E-state index in [9.17, 15) is 28.8 Å². The second-order valence-electron chi connectivity index (χ2n) is 17.5. The molecule has 2 rings (SSSR count). The van der Waals surface area contributed by atoms with Crippen LogP contribution in [0.5, 0.6) is 0 Å². The standard InChI is InChI=1S/C45H73N5O10/c1-16-29(6)38(48(11)42(54)36(27(2)3)47-41(53)37(28(4)5)49(12)44(56)60-45(8,9)10)34(57-13)26-35(51)50-24-20-23-33(50)39(58-14)30(7)40(52)46-32(43(55)59-15)25-31-21-18-17-19-22-31/h17-19,21-23,27-30,32,34,36-39H,16,20,24-26H2,1-15H3,(H,46,52)(H,47,53)/t29-,30+,32-,34+,36-,37-,38-,39+/m0/s1. The number of nitrogens with zero attached hydrogens (tertiary/aromatic N) is 3. The fourth-order valence-electron chi connectivity index (χ4n) is 7.68. The number of carbonyl (C=O) groups excluding carboxylic acids is 6. The molecule has 1 aliphatic heterocycles. The van der Waals surface area contributed by atoms with Crippen LogP contribution in [0.25, 0.3) is 0 Å². The molecule has 0 saturated carbocycles. The maximum Gasteiger partial charge on any atom is 0.410 e. The first-order chi connectivity index (χ1) is 28.0. The van der Waals surface area contributed by atoms with E-state index in [1.165, 1.54) is 33.3 Å². The van der Waals surface area contributed by atoms with Gasteiger partial charge in [-0.1, -0.05) is 91.3 Å². The minimum atomic E-state index is -0.953. The van der Waals surface area contributed by atoms with Crippen LogP contribution in [0.3, 0.4) is 0 Å². The zero-order chi connectivity index (χ0) is 45.6. The summed E-state index contributed by atoms with van der Waals surface area (Å²) in [5, 5.41) is 5.76. The molecular formula is C45H73N5O10. The molecule has 0 radical (unpaired) electrons. The molecule has 8 atom stereocenters. The maximum atomic E-state index is 14.4. The first-order valence-electron chi connectivity index (χ1n) is 21.1. The third kappa shape index (κ3) is 14.0. The molecule has 0 bridgehead atoms. The number of rotatable bonds is 21. The fraction of sp³-hybridized carbons (Fsp3) is 0.689. The van der Waals surface area contributed by atoms with E-state index >= 15 is 0 Å². The summed E-state index contributed by atoms with van der Waals surface area (Å²) in [6.07, 6.45) is 1.01. The number of ether oxygens (including phenoxy) is 4. The Hall–Kier alpha value is -4.50. The molecule has 0 fully saturated rings. The fourth-order valence-corrected chi connectivity index (χ4v) is 7.68. The zero-order valence-electron chi connectivity index (χ0n) is 38.7. The Labute approximate surface area is 358 Å². The predicted octanol–water partition coefficient (Wildman–Crippen LogP) is 4.96. The Bertz CT molecular complexity index is 1630. The van der Waals surface area contributed by atoms with E-state index < -0.39 is 71.8 Å². The zero-order valence-corrected chi connectivity index (χ0v) is 38.7. The van der Waals surface area contributed by atoms with Gasteiger partial charge in [-0.3, -0.25) is 24.1 Å². The minimum absolute atomic E-state index is 0.0895.